The molecule has 158 valence electrons. The number of benzene rings is 2. The minimum absolute atomic E-state index is 0.00255. The fraction of sp³-hybridized carbons (Fsp3) is 0.346. The standard InChI is InChI=1S/C26H27N3O2/c1-17-13-27-14-25(28-17)26(31)29-11-10-20(15-29)22-9-8-19(12-21(22)16-30)24-5-3-2-4-23(24)18-6-7-18/h2-5,8-9,12-14,18,20,30H,6-7,10-11,15-16H2,1H3/t20-/m0/s1. The van der Waals surface area contributed by atoms with E-state index < -0.39 is 0 Å². The summed E-state index contributed by atoms with van der Waals surface area (Å²) in [4.78, 5) is 23.1. The first-order valence-electron chi connectivity index (χ1n) is 11.0. The summed E-state index contributed by atoms with van der Waals surface area (Å²) in [5.74, 6) is 0.823. The summed E-state index contributed by atoms with van der Waals surface area (Å²) in [5.41, 5.74) is 7.08. The number of hydrogen-bond donors (Lipinski definition) is 1. The van der Waals surface area contributed by atoms with Crippen LogP contribution < -0.4 is 0 Å². The highest BCUT2D eigenvalue weighted by Crippen LogP contribution is 2.44. The minimum Gasteiger partial charge on any atom is -0.392 e. The number of aromatic nitrogens is 2. The second-order valence-corrected chi connectivity index (χ2v) is 8.72. The van der Waals surface area contributed by atoms with Crippen LogP contribution in [0, 0.1) is 6.92 Å². The van der Waals surface area contributed by atoms with Gasteiger partial charge in [0.1, 0.15) is 5.69 Å². The van der Waals surface area contributed by atoms with Crippen molar-refractivity contribution in [2.45, 2.75) is 44.6 Å². The number of carbonyl (C=O) groups excluding carboxylic acids is 1. The third-order valence-corrected chi connectivity index (χ3v) is 6.49. The van der Waals surface area contributed by atoms with Crippen molar-refractivity contribution in [1.82, 2.24) is 14.9 Å². The Hall–Kier alpha value is -3.05. The SMILES string of the molecule is Cc1cncc(C(=O)N2CC[C@H](c3ccc(-c4ccccc4C4CC4)cc3CO)C2)n1. The van der Waals surface area contributed by atoms with Gasteiger partial charge in [-0.05, 0) is 66.0 Å². The Labute approximate surface area is 182 Å². The van der Waals surface area contributed by atoms with Crippen LogP contribution in [-0.2, 0) is 6.61 Å². The Balaban J connectivity index is 1.38. The fourth-order valence-electron chi connectivity index (χ4n) is 4.75. The summed E-state index contributed by atoms with van der Waals surface area (Å²) in [6.45, 7) is 3.17. The van der Waals surface area contributed by atoms with Crippen LogP contribution in [-0.4, -0.2) is 39.0 Å². The molecule has 1 N–H and O–H groups in total. The van der Waals surface area contributed by atoms with E-state index in [4.69, 9.17) is 0 Å². The lowest BCUT2D eigenvalue weighted by atomic mass is 9.89. The molecule has 1 aliphatic heterocycles. The third kappa shape index (κ3) is 3.98. The molecule has 1 aliphatic carbocycles. The first kappa shape index (κ1) is 19.9. The van der Waals surface area contributed by atoms with E-state index in [9.17, 15) is 9.90 Å². The Morgan fingerprint density at radius 1 is 1.06 bits per heavy atom. The topological polar surface area (TPSA) is 66.3 Å². The van der Waals surface area contributed by atoms with Crippen LogP contribution in [0.25, 0.3) is 11.1 Å². The predicted molar refractivity (Wildman–Crippen MR) is 120 cm³/mol. The van der Waals surface area contributed by atoms with Crippen molar-refractivity contribution in [3.8, 4) is 11.1 Å². The number of aliphatic hydroxyl groups excluding tert-OH is 1. The molecule has 5 nitrogen and oxygen atoms in total. The molecule has 2 fully saturated rings. The zero-order chi connectivity index (χ0) is 21.4. The van der Waals surface area contributed by atoms with Gasteiger partial charge >= 0.3 is 0 Å². The molecule has 5 heteroatoms. The minimum atomic E-state index is -0.0702. The second kappa shape index (κ2) is 8.23. The van der Waals surface area contributed by atoms with Gasteiger partial charge in [-0.3, -0.25) is 9.78 Å². The number of rotatable bonds is 5. The van der Waals surface area contributed by atoms with Crippen LogP contribution in [0.1, 0.15) is 64.0 Å². The molecular weight excluding hydrogens is 386 g/mol. The molecule has 0 bridgehead atoms. The number of carbonyl (C=O) groups is 1. The monoisotopic (exact) mass is 413 g/mol. The molecule has 0 radical (unpaired) electrons. The van der Waals surface area contributed by atoms with E-state index in [0.29, 0.717) is 24.7 Å². The van der Waals surface area contributed by atoms with Crippen molar-refractivity contribution in [3.05, 3.63) is 82.9 Å². The average molecular weight is 414 g/mol. The molecule has 2 aromatic carbocycles. The third-order valence-electron chi connectivity index (χ3n) is 6.49. The van der Waals surface area contributed by atoms with Crippen LogP contribution in [0.3, 0.4) is 0 Å². The summed E-state index contributed by atoms with van der Waals surface area (Å²) < 4.78 is 0. The van der Waals surface area contributed by atoms with Crippen LogP contribution in [0.15, 0.2) is 54.9 Å². The van der Waals surface area contributed by atoms with Gasteiger partial charge in [0.05, 0.1) is 18.5 Å². The summed E-state index contributed by atoms with van der Waals surface area (Å²) in [6, 6.07) is 15.1. The molecule has 1 saturated heterocycles. The van der Waals surface area contributed by atoms with Crippen molar-refractivity contribution in [3.63, 3.8) is 0 Å². The van der Waals surface area contributed by atoms with Crippen molar-refractivity contribution in [2.24, 2.45) is 0 Å². The molecule has 2 heterocycles. The molecule has 31 heavy (non-hydrogen) atoms. The number of hydrogen-bond acceptors (Lipinski definition) is 4. The van der Waals surface area contributed by atoms with E-state index in [0.717, 1.165) is 28.8 Å². The fourth-order valence-corrected chi connectivity index (χ4v) is 4.75. The van der Waals surface area contributed by atoms with Gasteiger partial charge < -0.3 is 10.0 Å². The number of nitrogens with zero attached hydrogens (tertiary/aromatic N) is 3. The molecule has 1 saturated carbocycles. The van der Waals surface area contributed by atoms with Gasteiger partial charge in [-0.15, -0.1) is 0 Å². The Morgan fingerprint density at radius 3 is 2.68 bits per heavy atom. The summed E-state index contributed by atoms with van der Waals surface area (Å²) in [7, 11) is 0. The van der Waals surface area contributed by atoms with Crippen LogP contribution >= 0.6 is 0 Å². The van der Waals surface area contributed by atoms with Crippen molar-refractivity contribution >= 4 is 5.91 Å². The van der Waals surface area contributed by atoms with Crippen LogP contribution in [0.4, 0.5) is 0 Å². The molecule has 5 rings (SSSR count). The lowest BCUT2D eigenvalue weighted by Gasteiger charge is -2.19. The molecule has 2 aliphatic rings. The molecule has 1 amide bonds. The van der Waals surface area contributed by atoms with E-state index in [1.807, 2.05) is 11.8 Å². The van der Waals surface area contributed by atoms with E-state index in [1.54, 1.807) is 6.20 Å². The zero-order valence-electron chi connectivity index (χ0n) is 17.8. The van der Waals surface area contributed by atoms with Gasteiger partial charge in [-0.1, -0.05) is 36.4 Å². The molecule has 3 aromatic rings. The molecule has 1 aromatic heterocycles. The summed E-state index contributed by atoms with van der Waals surface area (Å²) in [5, 5.41) is 10.1. The number of aliphatic hydroxyl groups is 1. The highest BCUT2D eigenvalue weighted by Gasteiger charge is 2.30. The number of likely N-dealkylation sites (tertiary alicyclic amines) is 1. The van der Waals surface area contributed by atoms with Gasteiger partial charge in [0.2, 0.25) is 0 Å². The van der Waals surface area contributed by atoms with Crippen molar-refractivity contribution < 1.29 is 9.90 Å². The van der Waals surface area contributed by atoms with Crippen molar-refractivity contribution in [2.75, 3.05) is 13.1 Å². The first-order chi connectivity index (χ1) is 15.1. The number of amides is 1. The smallest absolute Gasteiger partial charge is 0.274 e. The second-order valence-electron chi connectivity index (χ2n) is 8.72. The Bertz CT molecular complexity index is 1120. The summed E-state index contributed by atoms with van der Waals surface area (Å²) >= 11 is 0. The lowest BCUT2D eigenvalue weighted by molar-refractivity contribution is 0.0784. The van der Waals surface area contributed by atoms with Gasteiger partial charge in [-0.2, -0.15) is 0 Å². The quantitative estimate of drug-likeness (QED) is 0.671. The molecule has 0 unspecified atom stereocenters. The first-order valence-corrected chi connectivity index (χ1v) is 11.0. The van der Waals surface area contributed by atoms with Crippen molar-refractivity contribution in [1.29, 1.82) is 0 Å². The van der Waals surface area contributed by atoms with E-state index in [-0.39, 0.29) is 18.4 Å². The van der Waals surface area contributed by atoms with Crippen LogP contribution in [0.2, 0.25) is 0 Å². The maximum Gasteiger partial charge on any atom is 0.274 e. The maximum atomic E-state index is 12.9. The van der Waals surface area contributed by atoms with Gasteiger partial charge in [0, 0.05) is 25.2 Å². The van der Waals surface area contributed by atoms with Gasteiger partial charge in [0.25, 0.3) is 5.91 Å². The summed E-state index contributed by atoms with van der Waals surface area (Å²) in [6.07, 6.45) is 6.60. The molecule has 1 atom stereocenters. The normalized spacial score (nSPS) is 18.4. The predicted octanol–water partition coefficient (Wildman–Crippen LogP) is 4.45. The van der Waals surface area contributed by atoms with Gasteiger partial charge in [-0.25, -0.2) is 4.98 Å². The Kier molecular flexibility index (Phi) is 5.28. The van der Waals surface area contributed by atoms with E-state index in [1.165, 1.54) is 30.2 Å². The van der Waals surface area contributed by atoms with E-state index >= 15 is 0 Å². The largest absolute Gasteiger partial charge is 0.392 e. The zero-order valence-corrected chi connectivity index (χ0v) is 17.8. The Morgan fingerprint density at radius 2 is 1.90 bits per heavy atom. The molecule has 0 spiro atoms. The van der Waals surface area contributed by atoms with Crippen LogP contribution in [0.5, 0.6) is 0 Å². The van der Waals surface area contributed by atoms with E-state index in [2.05, 4.69) is 52.4 Å². The lowest BCUT2D eigenvalue weighted by Crippen LogP contribution is -2.29. The highest BCUT2D eigenvalue weighted by molar-refractivity contribution is 5.92. The highest BCUT2D eigenvalue weighted by atomic mass is 16.3. The molecular formula is C26H27N3O2. The average Bonchev–Trinajstić information content (AvgIpc) is 3.54. The van der Waals surface area contributed by atoms with Gasteiger partial charge in [0.15, 0.2) is 0 Å². The number of aryl methyl sites for hydroxylation is 1. The maximum absolute atomic E-state index is 12.9.